The Labute approximate surface area is 112 Å². The van der Waals surface area contributed by atoms with Gasteiger partial charge >= 0.3 is 0 Å². The molecule has 0 saturated carbocycles. The fourth-order valence-electron chi connectivity index (χ4n) is 2.15. The number of carbonyl (C=O) groups excluding carboxylic acids is 1. The second kappa shape index (κ2) is 5.76. The molecule has 1 fully saturated rings. The number of aliphatic hydroxyl groups is 1. The summed E-state index contributed by atoms with van der Waals surface area (Å²) in [6.45, 7) is 2.59. The minimum Gasteiger partial charge on any atom is -0.379 e. The van der Waals surface area contributed by atoms with E-state index in [9.17, 15) is 9.90 Å². The van der Waals surface area contributed by atoms with Crippen LogP contribution in [0.4, 0.5) is 0 Å². The minimum atomic E-state index is -1.16. The minimum absolute atomic E-state index is 0.238. The number of hydrogen-bond acceptors (Lipinski definition) is 3. The third kappa shape index (κ3) is 2.87. The lowest BCUT2D eigenvalue weighted by atomic mass is 10.0. The van der Waals surface area contributed by atoms with Crippen molar-refractivity contribution in [2.75, 3.05) is 11.5 Å². The lowest BCUT2D eigenvalue weighted by Crippen LogP contribution is -2.46. The highest BCUT2D eigenvalue weighted by Gasteiger charge is 2.39. The summed E-state index contributed by atoms with van der Waals surface area (Å²) in [4.78, 5) is 12.0. The Bertz CT molecular complexity index is 428. The number of benzene rings is 1. The van der Waals surface area contributed by atoms with Gasteiger partial charge in [-0.2, -0.15) is 11.8 Å². The van der Waals surface area contributed by atoms with Crippen molar-refractivity contribution >= 4 is 17.7 Å². The molecule has 0 aromatic heterocycles. The Morgan fingerprint density at radius 2 is 2.17 bits per heavy atom. The average Bonchev–Trinajstić information content (AvgIpc) is 2.84. The number of rotatable bonds is 4. The Kier molecular flexibility index (Phi) is 4.30. The van der Waals surface area contributed by atoms with E-state index in [0.717, 1.165) is 17.7 Å². The van der Waals surface area contributed by atoms with E-state index in [-0.39, 0.29) is 5.91 Å². The van der Waals surface area contributed by atoms with Gasteiger partial charge < -0.3 is 10.4 Å². The van der Waals surface area contributed by atoms with Crippen LogP contribution in [0.5, 0.6) is 0 Å². The van der Waals surface area contributed by atoms with Gasteiger partial charge in [0.1, 0.15) is 0 Å². The summed E-state index contributed by atoms with van der Waals surface area (Å²) in [5, 5.41) is 13.0. The van der Waals surface area contributed by atoms with Crippen molar-refractivity contribution in [3.8, 4) is 0 Å². The Morgan fingerprint density at radius 1 is 1.44 bits per heavy atom. The van der Waals surface area contributed by atoms with Gasteiger partial charge in [0.2, 0.25) is 0 Å². The Morgan fingerprint density at radius 3 is 2.78 bits per heavy atom. The Hall–Kier alpha value is -1.000. The second-order valence-corrected chi connectivity index (χ2v) is 5.74. The molecule has 18 heavy (non-hydrogen) atoms. The summed E-state index contributed by atoms with van der Waals surface area (Å²) in [6.07, 6.45) is 1.51. The molecule has 0 radical (unpaired) electrons. The number of amides is 1. The fraction of sp³-hybridized carbons (Fsp3) is 0.500. The zero-order chi connectivity index (χ0) is 13.0. The highest BCUT2D eigenvalue weighted by molar-refractivity contribution is 7.99. The Balaban J connectivity index is 1.97. The number of hydrogen-bond donors (Lipinski definition) is 2. The second-order valence-electron chi connectivity index (χ2n) is 4.64. The molecular formula is C14H19NO2S. The highest BCUT2D eigenvalue weighted by atomic mass is 32.2. The topological polar surface area (TPSA) is 49.3 Å². The van der Waals surface area contributed by atoms with Crippen LogP contribution in [0.1, 0.15) is 24.5 Å². The molecule has 3 nitrogen and oxygen atoms in total. The fourth-order valence-corrected chi connectivity index (χ4v) is 3.39. The summed E-state index contributed by atoms with van der Waals surface area (Å²) < 4.78 is 0. The van der Waals surface area contributed by atoms with Crippen molar-refractivity contribution in [3.63, 3.8) is 0 Å². The van der Waals surface area contributed by atoms with Gasteiger partial charge in [-0.15, -0.1) is 0 Å². The lowest BCUT2D eigenvalue weighted by Gasteiger charge is -2.20. The van der Waals surface area contributed by atoms with Crippen LogP contribution < -0.4 is 5.32 Å². The summed E-state index contributed by atoms with van der Waals surface area (Å²) in [7, 11) is 0. The van der Waals surface area contributed by atoms with E-state index in [1.165, 1.54) is 5.56 Å². The first-order chi connectivity index (χ1) is 8.65. The molecule has 0 aliphatic carbocycles. The number of aryl methyl sites for hydroxylation is 1. The van der Waals surface area contributed by atoms with Crippen LogP contribution in [0, 0.1) is 0 Å². The normalized spacial score (nSPS) is 23.0. The molecule has 1 aromatic rings. The third-order valence-corrected chi connectivity index (χ3v) is 4.54. The first-order valence-electron chi connectivity index (χ1n) is 6.31. The van der Waals surface area contributed by atoms with E-state index >= 15 is 0 Å². The van der Waals surface area contributed by atoms with Crippen LogP contribution >= 0.6 is 11.8 Å². The molecule has 2 rings (SSSR count). The van der Waals surface area contributed by atoms with Crippen molar-refractivity contribution < 1.29 is 9.90 Å². The molecule has 98 valence electrons. The van der Waals surface area contributed by atoms with Gasteiger partial charge in [0.15, 0.2) is 5.60 Å². The molecule has 2 N–H and O–H groups in total. The van der Waals surface area contributed by atoms with E-state index < -0.39 is 5.60 Å². The van der Waals surface area contributed by atoms with Gasteiger partial charge in [-0.1, -0.05) is 31.2 Å². The SMILES string of the molecule is CCc1ccccc1CNC(=O)C1(O)CCSC1. The predicted molar refractivity (Wildman–Crippen MR) is 74.6 cm³/mol. The molecule has 4 heteroatoms. The summed E-state index contributed by atoms with van der Waals surface area (Å²) >= 11 is 1.63. The smallest absolute Gasteiger partial charge is 0.253 e. The van der Waals surface area contributed by atoms with Gasteiger partial charge in [-0.3, -0.25) is 4.79 Å². The first kappa shape index (κ1) is 13.4. The molecule has 1 atom stereocenters. The lowest BCUT2D eigenvalue weighted by molar-refractivity contribution is -0.137. The van der Waals surface area contributed by atoms with Gasteiger partial charge in [0, 0.05) is 12.3 Å². The molecule has 1 aromatic carbocycles. The molecule has 0 bridgehead atoms. The van der Waals surface area contributed by atoms with E-state index in [1.54, 1.807) is 11.8 Å². The van der Waals surface area contributed by atoms with Crippen LogP contribution in [0.15, 0.2) is 24.3 Å². The highest BCUT2D eigenvalue weighted by Crippen LogP contribution is 2.27. The molecule has 0 spiro atoms. The summed E-state index contributed by atoms with van der Waals surface area (Å²) in [6, 6.07) is 8.07. The quantitative estimate of drug-likeness (QED) is 0.871. The molecule has 1 unspecified atom stereocenters. The van der Waals surface area contributed by atoms with Crippen molar-refractivity contribution in [2.24, 2.45) is 0 Å². The summed E-state index contributed by atoms with van der Waals surface area (Å²) in [5.41, 5.74) is 1.21. The van der Waals surface area contributed by atoms with Gasteiger partial charge in [0.05, 0.1) is 0 Å². The standard InChI is InChI=1S/C14H19NO2S/c1-2-11-5-3-4-6-12(11)9-15-13(16)14(17)7-8-18-10-14/h3-6,17H,2,7-10H2,1H3,(H,15,16). The zero-order valence-electron chi connectivity index (χ0n) is 10.6. The average molecular weight is 265 g/mol. The van der Waals surface area contributed by atoms with Gasteiger partial charge in [-0.05, 0) is 29.7 Å². The molecule has 1 amide bonds. The third-order valence-electron chi connectivity index (χ3n) is 3.36. The van der Waals surface area contributed by atoms with Crippen molar-refractivity contribution in [1.82, 2.24) is 5.32 Å². The van der Waals surface area contributed by atoms with Gasteiger partial charge in [0.25, 0.3) is 5.91 Å². The van der Waals surface area contributed by atoms with Crippen LogP contribution in [0.3, 0.4) is 0 Å². The van der Waals surface area contributed by atoms with Crippen molar-refractivity contribution in [2.45, 2.75) is 31.9 Å². The summed E-state index contributed by atoms with van der Waals surface area (Å²) in [5.74, 6) is 1.13. The molecule has 1 aliphatic heterocycles. The predicted octanol–water partition coefficient (Wildman–Crippen LogP) is 1.73. The maximum atomic E-state index is 12.0. The maximum Gasteiger partial charge on any atom is 0.253 e. The van der Waals surface area contributed by atoms with Crippen LogP contribution in [-0.2, 0) is 17.8 Å². The monoisotopic (exact) mass is 265 g/mol. The van der Waals surface area contributed by atoms with Gasteiger partial charge in [-0.25, -0.2) is 0 Å². The van der Waals surface area contributed by atoms with Crippen molar-refractivity contribution in [3.05, 3.63) is 35.4 Å². The number of thioether (sulfide) groups is 1. The number of nitrogens with one attached hydrogen (secondary N) is 1. The van der Waals surface area contributed by atoms with E-state index in [1.807, 2.05) is 18.2 Å². The maximum absolute atomic E-state index is 12.0. The van der Waals surface area contributed by atoms with Crippen LogP contribution in [0.2, 0.25) is 0 Å². The number of carbonyl (C=O) groups is 1. The molecule has 1 saturated heterocycles. The molecular weight excluding hydrogens is 246 g/mol. The first-order valence-corrected chi connectivity index (χ1v) is 7.46. The van der Waals surface area contributed by atoms with E-state index in [2.05, 4.69) is 18.3 Å². The largest absolute Gasteiger partial charge is 0.379 e. The molecule has 1 heterocycles. The van der Waals surface area contributed by atoms with E-state index in [0.29, 0.717) is 18.7 Å². The van der Waals surface area contributed by atoms with Crippen molar-refractivity contribution in [1.29, 1.82) is 0 Å². The van der Waals surface area contributed by atoms with Crippen LogP contribution in [0.25, 0.3) is 0 Å². The zero-order valence-corrected chi connectivity index (χ0v) is 11.4. The van der Waals surface area contributed by atoms with Crippen LogP contribution in [-0.4, -0.2) is 28.1 Å². The van der Waals surface area contributed by atoms with E-state index in [4.69, 9.17) is 0 Å². The molecule has 1 aliphatic rings.